The van der Waals surface area contributed by atoms with E-state index in [4.69, 9.17) is 25.3 Å². The fraction of sp³-hybridized carbons (Fsp3) is 0.394. The first kappa shape index (κ1) is 31.8. The molecule has 0 bridgehead atoms. The minimum Gasteiger partial charge on any atom is -0.480 e. The lowest BCUT2D eigenvalue weighted by Gasteiger charge is -2.38. The van der Waals surface area contributed by atoms with Crippen molar-refractivity contribution < 1.29 is 23.6 Å². The van der Waals surface area contributed by atoms with Crippen LogP contribution in [0.2, 0.25) is 23.2 Å². The SMILES string of the molecule is COCc1cc(-c2nc(-c3cnc(N4C[C@H](O[Si](C)(C)C(C)(C)C)C[C@H]4C(=O)O)c(Cl)c3)no2)ccc1-c1ccccc1C. The quantitative estimate of drug-likeness (QED) is 0.186. The maximum atomic E-state index is 12.2. The highest BCUT2D eigenvalue weighted by atomic mass is 35.5. The van der Waals surface area contributed by atoms with Gasteiger partial charge >= 0.3 is 5.97 Å². The number of carboxylic acids is 1. The van der Waals surface area contributed by atoms with E-state index < -0.39 is 20.3 Å². The summed E-state index contributed by atoms with van der Waals surface area (Å²) in [6, 6.07) is 15.1. The first-order valence-electron chi connectivity index (χ1n) is 14.6. The maximum absolute atomic E-state index is 12.2. The number of aliphatic carboxylic acids is 1. The summed E-state index contributed by atoms with van der Waals surface area (Å²) in [5.41, 5.74) is 5.72. The number of carbonyl (C=O) groups is 1. The van der Waals surface area contributed by atoms with E-state index in [1.54, 1.807) is 24.3 Å². The number of nitrogens with zero attached hydrogens (tertiary/aromatic N) is 4. The van der Waals surface area contributed by atoms with Crippen LogP contribution < -0.4 is 4.90 Å². The Kier molecular flexibility index (Phi) is 9.00. The summed E-state index contributed by atoms with van der Waals surface area (Å²) in [6.45, 7) is 13.7. The van der Waals surface area contributed by atoms with Crippen LogP contribution >= 0.6 is 11.6 Å². The van der Waals surface area contributed by atoms with Crippen LogP contribution in [0.1, 0.15) is 38.3 Å². The van der Waals surface area contributed by atoms with Crippen molar-refractivity contribution in [2.75, 3.05) is 18.6 Å². The highest BCUT2D eigenvalue weighted by Gasteiger charge is 2.45. The molecule has 2 atom stereocenters. The molecule has 0 aliphatic carbocycles. The Balaban J connectivity index is 1.39. The standard InChI is InChI=1S/C33H39ClN4O5Si/c1-20-10-8-9-11-25(20)26-13-12-21(14-23(26)19-41-5)31-36-29(37-42-31)22-15-27(34)30(35-17-22)38-18-24(16-28(38)32(39)40)43-44(6,7)33(2,3)4/h8-15,17,24,28H,16,18-19H2,1-7H3,(H,39,40)/t24-,28+/m1/s1. The molecule has 1 N–H and O–H groups in total. The van der Waals surface area contributed by atoms with Crippen LogP contribution in [-0.4, -0.2) is 60.3 Å². The van der Waals surface area contributed by atoms with E-state index >= 15 is 0 Å². The van der Waals surface area contributed by atoms with Gasteiger partial charge < -0.3 is 23.7 Å². The topological polar surface area (TPSA) is 111 Å². The number of ether oxygens (including phenoxy) is 1. The Bertz CT molecular complexity index is 1670. The Hall–Kier alpha value is -3.57. The highest BCUT2D eigenvalue weighted by Crippen LogP contribution is 2.40. The van der Waals surface area contributed by atoms with Crippen LogP contribution in [0, 0.1) is 6.92 Å². The van der Waals surface area contributed by atoms with Gasteiger partial charge in [0.2, 0.25) is 5.82 Å². The second-order valence-electron chi connectivity index (χ2n) is 12.8. The molecular formula is C33H39ClN4O5Si. The normalized spacial score (nSPS) is 17.3. The second kappa shape index (κ2) is 12.4. The molecule has 0 radical (unpaired) electrons. The van der Waals surface area contributed by atoms with E-state index in [-0.39, 0.29) is 11.1 Å². The molecule has 0 amide bonds. The van der Waals surface area contributed by atoms with E-state index in [2.05, 4.69) is 68.0 Å². The molecule has 2 aromatic carbocycles. The molecule has 5 rings (SSSR count). The molecule has 0 unspecified atom stereocenters. The molecule has 11 heteroatoms. The zero-order chi connectivity index (χ0) is 31.8. The van der Waals surface area contributed by atoms with Crippen molar-refractivity contribution in [2.45, 2.75) is 71.0 Å². The summed E-state index contributed by atoms with van der Waals surface area (Å²) in [5.74, 6) is 0.138. The molecular weight excluding hydrogens is 596 g/mol. The number of aryl methyl sites for hydroxylation is 1. The molecule has 1 fully saturated rings. The number of benzene rings is 2. The van der Waals surface area contributed by atoms with Crippen molar-refractivity contribution in [1.29, 1.82) is 0 Å². The number of anilines is 1. The minimum absolute atomic E-state index is 0.00838. The van der Waals surface area contributed by atoms with Crippen LogP contribution in [0.4, 0.5) is 5.82 Å². The van der Waals surface area contributed by atoms with Crippen molar-refractivity contribution in [1.82, 2.24) is 15.1 Å². The maximum Gasteiger partial charge on any atom is 0.326 e. The highest BCUT2D eigenvalue weighted by molar-refractivity contribution is 6.74. The van der Waals surface area contributed by atoms with Gasteiger partial charge in [-0.05, 0) is 65.5 Å². The van der Waals surface area contributed by atoms with Crippen molar-refractivity contribution in [2.24, 2.45) is 0 Å². The van der Waals surface area contributed by atoms with Gasteiger partial charge in [0, 0.05) is 37.4 Å². The average Bonchev–Trinajstić information content (AvgIpc) is 3.61. The van der Waals surface area contributed by atoms with E-state index in [9.17, 15) is 9.90 Å². The smallest absolute Gasteiger partial charge is 0.326 e. The van der Waals surface area contributed by atoms with Crippen molar-refractivity contribution >= 4 is 31.7 Å². The van der Waals surface area contributed by atoms with Gasteiger partial charge in [-0.2, -0.15) is 4.98 Å². The molecule has 9 nitrogen and oxygen atoms in total. The molecule has 1 saturated heterocycles. The first-order chi connectivity index (χ1) is 20.8. The molecule has 1 aliphatic heterocycles. The lowest BCUT2D eigenvalue weighted by Crippen LogP contribution is -2.44. The van der Waals surface area contributed by atoms with Crippen LogP contribution in [-0.2, 0) is 20.6 Å². The zero-order valence-electron chi connectivity index (χ0n) is 26.2. The monoisotopic (exact) mass is 634 g/mol. The number of hydrogen-bond donors (Lipinski definition) is 1. The van der Waals surface area contributed by atoms with Gasteiger partial charge in [-0.25, -0.2) is 9.78 Å². The molecule has 0 saturated carbocycles. The largest absolute Gasteiger partial charge is 0.480 e. The Morgan fingerprint density at radius 1 is 1.14 bits per heavy atom. The zero-order valence-corrected chi connectivity index (χ0v) is 28.0. The summed E-state index contributed by atoms with van der Waals surface area (Å²) in [7, 11) is -0.427. The number of methoxy groups -OCH3 is 1. The van der Waals surface area contributed by atoms with Gasteiger partial charge in [-0.1, -0.05) is 67.9 Å². The number of pyridine rings is 1. The van der Waals surface area contributed by atoms with Crippen LogP contribution in [0.5, 0.6) is 0 Å². The van der Waals surface area contributed by atoms with Crippen molar-refractivity contribution in [3.63, 3.8) is 0 Å². The summed E-state index contributed by atoms with van der Waals surface area (Å²) < 4.78 is 17.7. The van der Waals surface area contributed by atoms with E-state index in [1.807, 2.05) is 30.3 Å². The average molecular weight is 635 g/mol. The van der Waals surface area contributed by atoms with E-state index in [0.717, 1.165) is 22.3 Å². The molecule has 232 valence electrons. The van der Waals surface area contributed by atoms with Gasteiger partial charge in [0.1, 0.15) is 11.9 Å². The summed E-state index contributed by atoms with van der Waals surface area (Å²) in [5, 5.41) is 14.5. The molecule has 4 aromatic rings. The number of rotatable bonds is 9. The van der Waals surface area contributed by atoms with Crippen molar-refractivity contribution in [3.05, 3.63) is 70.9 Å². The number of aromatic nitrogens is 3. The van der Waals surface area contributed by atoms with Gasteiger partial charge in [-0.15, -0.1) is 0 Å². The van der Waals surface area contributed by atoms with Gasteiger partial charge in [-0.3, -0.25) is 0 Å². The predicted molar refractivity (Wildman–Crippen MR) is 174 cm³/mol. The Labute approximate surface area is 264 Å². The number of hydrogen-bond acceptors (Lipinski definition) is 8. The Morgan fingerprint density at radius 2 is 1.89 bits per heavy atom. The van der Waals surface area contributed by atoms with Gasteiger partial charge in [0.05, 0.1) is 17.7 Å². The van der Waals surface area contributed by atoms with Crippen LogP contribution in [0.25, 0.3) is 34.0 Å². The molecule has 1 aliphatic rings. The lowest BCUT2D eigenvalue weighted by molar-refractivity contribution is -0.138. The van der Waals surface area contributed by atoms with Crippen LogP contribution in [0.15, 0.2) is 59.3 Å². The molecule has 3 heterocycles. The van der Waals surface area contributed by atoms with E-state index in [1.165, 1.54) is 5.56 Å². The third kappa shape index (κ3) is 6.44. The van der Waals surface area contributed by atoms with E-state index in [0.29, 0.717) is 47.7 Å². The Morgan fingerprint density at radius 3 is 2.55 bits per heavy atom. The fourth-order valence-electron chi connectivity index (χ4n) is 5.31. The summed E-state index contributed by atoms with van der Waals surface area (Å²) >= 11 is 6.72. The summed E-state index contributed by atoms with van der Waals surface area (Å²) in [6.07, 6.45) is 1.73. The second-order valence-corrected chi connectivity index (χ2v) is 18.0. The molecule has 44 heavy (non-hydrogen) atoms. The number of carboxylic acid groups (broad SMARTS) is 1. The third-order valence-electron chi connectivity index (χ3n) is 8.68. The molecule has 2 aromatic heterocycles. The fourth-order valence-corrected chi connectivity index (χ4v) is 6.94. The lowest BCUT2D eigenvalue weighted by atomic mass is 9.94. The van der Waals surface area contributed by atoms with Gasteiger partial charge in [0.25, 0.3) is 5.89 Å². The summed E-state index contributed by atoms with van der Waals surface area (Å²) in [4.78, 5) is 23.1. The molecule has 0 spiro atoms. The van der Waals surface area contributed by atoms with Gasteiger partial charge in [0.15, 0.2) is 8.32 Å². The van der Waals surface area contributed by atoms with Crippen molar-refractivity contribution in [3.8, 4) is 34.0 Å². The first-order valence-corrected chi connectivity index (χ1v) is 17.9. The number of halogens is 1. The van der Waals surface area contributed by atoms with Crippen LogP contribution in [0.3, 0.4) is 0 Å². The predicted octanol–water partition coefficient (Wildman–Crippen LogP) is 7.63. The minimum atomic E-state index is -2.10. The third-order valence-corrected chi connectivity index (χ3v) is 13.5.